The van der Waals surface area contributed by atoms with E-state index in [9.17, 15) is 41.5 Å². The van der Waals surface area contributed by atoms with Crippen LogP contribution in [0.5, 0.6) is 5.75 Å². The Hall–Kier alpha value is -11.6. The molecule has 0 amide bonds. The molecule has 4 aliphatic carbocycles. The van der Waals surface area contributed by atoms with Crippen molar-refractivity contribution in [2.24, 2.45) is 5.92 Å². The molecule has 5 atom stereocenters. The van der Waals surface area contributed by atoms with Crippen LogP contribution in [0.25, 0.3) is 0 Å². The molecule has 21 nitrogen and oxygen atoms in total. The number of esters is 3. The lowest BCUT2D eigenvalue weighted by Gasteiger charge is -2.30. The van der Waals surface area contributed by atoms with E-state index in [-0.39, 0.29) is 85.4 Å². The van der Waals surface area contributed by atoms with Crippen LogP contribution in [0.1, 0.15) is 237 Å². The smallest absolute Gasteiger partial charge is 0.310 e. The van der Waals surface area contributed by atoms with Gasteiger partial charge < -0.3 is 72.5 Å². The standard InChI is InChI=1S/C33H48N4O3.C28H37F2N3O2.C25H24Cl2N2O2.C24H23F2N3O2/c1-6-33(39)40-28-17-25(22(3)4)16-27(19-28)36-30-10-8-9-24-15-26(31(35-7-2)20-29(24)30)18-32(38)23(5)21-37-13-11-34-12-14-37;1-3-31-27-18-25-20(15-21(27)17-24(34)7-8-33-9-11-35-12-10-33)5-4-6-26(25)32-23-14-19(2)13-22(16-23)28(29)30;26-19-11-20(27)13-21(12-19)29-24-8-4-7-17-9-18(23(28)14-22(17)24)10-25(30)31-15-16-5-2-1-3-6-16;25-18-9-19(26)11-20(10-18)29-23-5-1-4-16-7-17(22(27)12-21(16)23)8-24(30)31-14-15-3-2-6-28-13-15/h15-17,19-20,22-23,30,34-36H,6-14,18,21H2,1-5H3;13-16,18,26,28,31-32H,3-12,17H2,1-2H3;1-3,5-6,9,11-14,24,29H,4,7-8,10,15,28H2;2-3,6-7,9-13,23,29H,1,4-5,8,14,27H2. The van der Waals surface area contributed by atoms with Gasteiger partial charge in [0.1, 0.15) is 42.2 Å². The molecule has 2 fully saturated rings. The minimum atomic E-state index is -2.49. The van der Waals surface area contributed by atoms with E-state index in [1.54, 1.807) is 30.6 Å². The second kappa shape index (κ2) is 50.7. The molecular formula is C110H132Cl2F4N12O9. The Morgan fingerprint density at radius 3 is 1.50 bits per heavy atom. The van der Waals surface area contributed by atoms with Crippen molar-refractivity contribution in [3.05, 3.63) is 292 Å². The van der Waals surface area contributed by atoms with Gasteiger partial charge in [-0.3, -0.25) is 33.9 Å². The molecule has 2 aliphatic heterocycles. The molecule has 137 heavy (non-hydrogen) atoms. The maximum absolute atomic E-state index is 13.5. The zero-order valence-corrected chi connectivity index (χ0v) is 81.4. The average Bonchev–Trinajstić information content (AvgIpc) is 0.774. The topological polar surface area (TPSA) is 278 Å². The van der Waals surface area contributed by atoms with Crippen LogP contribution in [-0.2, 0) is 103 Å². The third-order valence-electron chi connectivity index (χ3n) is 26.0. The Bertz CT molecular complexity index is 5550. The van der Waals surface area contributed by atoms with Crippen LogP contribution in [-0.4, -0.2) is 123 Å². The first-order valence-electron chi connectivity index (χ1n) is 48.5. The van der Waals surface area contributed by atoms with Gasteiger partial charge in [0.05, 0.1) is 50.2 Å². The highest BCUT2D eigenvalue weighted by Crippen LogP contribution is 2.43. The van der Waals surface area contributed by atoms with E-state index in [2.05, 4.69) is 117 Å². The molecule has 1 aromatic heterocycles. The number of benzene rings is 9. The molecule has 11 N–H and O–H groups in total. The number of hydrogen-bond donors (Lipinski definition) is 9. The summed E-state index contributed by atoms with van der Waals surface area (Å²) in [5.74, 6) is -0.648. The van der Waals surface area contributed by atoms with Crippen molar-refractivity contribution >= 4 is 98.2 Å². The highest BCUT2D eigenvalue weighted by molar-refractivity contribution is 6.35. The van der Waals surface area contributed by atoms with Crippen LogP contribution >= 0.6 is 23.2 Å². The van der Waals surface area contributed by atoms with Gasteiger partial charge in [0.15, 0.2) is 0 Å². The zero-order chi connectivity index (χ0) is 97.0. The first-order chi connectivity index (χ1) is 66.1. The van der Waals surface area contributed by atoms with E-state index in [1.807, 2.05) is 105 Å². The van der Waals surface area contributed by atoms with Crippen LogP contribution in [0.3, 0.4) is 0 Å². The Labute approximate surface area is 813 Å². The lowest BCUT2D eigenvalue weighted by Crippen LogP contribution is -2.46. The number of pyridine rings is 1. The zero-order valence-electron chi connectivity index (χ0n) is 79.9. The number of anilines is 8. The lowest BCUT2D eigenvalue weighted by atomic mass is 9.84. The van der Waals surface area contributed by atoms with Crippen molar-refractivity contribution in [1.82, 2.24) is 20.1 Å². The Morgan fingerprint density at radius 2 is 1.00 bits per heavy atom. The van der Waals surface area contributed by atoms with Crippen molar-refractivity contribution in [1.29, 1.82) is 0 Å². The van der Waals surface area contributed by atoms with Crippen molar-refractivity contribution < 1.29 is 60.5 Å². The summed E-state index contributed by atoms with van der Waals surface area (Å²) < 4.78 is 75.5. The summed E-state index contributed by atoms with van der Waals surface area (Å²) in [5.41, 5.74) is 35.6. The van der Waals surface area contributed by atoms with Gasteiger partial charge in [0, 0.05) is 188 Å². The fourth-order valence-corrected chi connectivity index (χ4v) is 19.4. The maximum atomic E-state index is 13.5. The summed E-state index contributed by atoms with van der Waals surface area (Å²) in [7, 11) is 0. The number of halogens is 6. The molecule has 728 valence electrons. The number of nitrogens with zero attached hydrogens (tertiary/aromatic N) is 3. The predicted octanol–water partition coefficient (Wildman–Crippen LogP) is 22.5. The molecule has 0 spiro atoms. The Morgan fingerprint density at radius 1 is 0.518 bits per heavy atom. The van der Waals surface area contributed by atoms with Crippen LogP contribution in [0.15, 0.2) is 176 Å². The van der Waals surface area contributed by atoms with E-state index >= 15 is 0 Å². The van der Waals surface area contributed by atoms with Crippen molar-refractivity contribution in [3.63, 3.8) is 0 Å². The van der Waals surface area contributed by atoms with Gasteiger partial charge in [-0.15, -0.1) is 0 Å². The average molecular weight is 1910 g/mol. The van der Waals surface area contributed by atoms with E-state index < -0.39 is 18.1 Å². The number of aromatic nitrogens is 1. The number of nitrogens with one attached hydrogen (secondary N) is 7. The third-order valence-corrected chi connectivity index (χ3v) is 26.4. The fourth-order valence-electron chi connectivity index (χ4n) is 18.9. The molecule has 3 heterocycles. The quantitative estimate of drug-likeness (QED) is 0.00784. The van der Waals surface area contributed by atoms with Gasteiger partial charge in [0.2, 0.25) is 0 Å². The number of fused-ring (bicyclic) bond motifs is 4. The lowest BCUT2D eigenvalue weighted by molar-refractivity contribution is -0.145. The number of carbonyl (C=O) groups is 5. The number of Topliss-reactive ketones (excluding diaryl/α,β-unsaturated/α-hetero) is 2. The number of carbonyl (C=O) groups excluding carboxylic acids is 5. The van der Waals surface area contributed by atoms with Gasteiger partial charge in [-0.1, -0.05) is 118 Å². The predicted molar refractivity (Wildman–Crippen MR) is 541 cm³/mol. The van der Waals surface area contributed by atoms with E-state index in [1.165, 1.54) is 46.0 Å². The summed E-state index contributed by atoms with van der Waals surface area (Å²) in [5, 5.41) is 25.6. The second-order valence-corrected chi connectivity index (χ2v) is 37.8. The summed E-state index contributed by atoms with van der Waals surface area (Å²) >= 11 is 12.3. The highest BCUT2D eigenvalue weighted by atomic mass is 35.5. The first-order valence-corrected chi connectivity index (χ1v) is 49.3. The van der Waals surface area contributed by atoms with Crippen molar-refractivity contribution in [2.45, 2.75) is 214 Å². The highest BCUT2D eigenvalue weighted by Gasteiger charge is 2.31. The molecule has 9 aromatic carbocycles. The van der Waals surface area contributed by atoms with Crippen LogP contribution < -0.4 is 53.4 Å². The van der Waals surface area contributed by atoms with E-state index in [0.717, 1.165) is 246 Å². The molecule has 16 rings (SSSR count). The van der Waals surface area contributed by atoms with E-state index in [0.29, 0.717) is 75.8 Å². The summed E-state index contributed by atoms with van der Waals surface area (Å²) in [6, 6.07) is 50.1. The van der Waals surface area contributed by atoms with Crippen LogP contribution in [0.4, 0.5) is 63.1 Å². The number of rotatable bonds is 34. The first kappa shape index (κ1) is 103. The van der Waals surface area contributed by atoms with Gasteiger partial charge >= 0.3 is 17.9 Å². The Balaban J connectivity index is 0.000000155. The Kier molecular flexibility index (Phi) is 38.0. The molecule has 6 aliphatic rings. The molecule has 0 bridgehead atoms. The largest absolute Gasteiger partial charge is 0.461 e. The minimum absolute atomic E-state index is 0.0160. The number of aryl methyl sites for hydroxylation is 5. The normalized spacial score (nSPS) is 16.9. The number of alkyl halides is 2. The number of hydrogen-bond acceptors (Lipinski definition) is 21. The number of ketones is 2. The number of morpholine rings is 1. The molecule has 0 saturated carbocycles. The molecular weight excluding hydrogens is 1780 g/mol. The number of piperazine rings is 1. The molecule has 0 radical (unpaired) electrons. The van der Waals surface area contributed by atoms with Gasteiger partial charge in [-0.25, -0.2) is 17.6 Å². The van der Waals surface area contributed by atoms with Gasteiger partial charge in [-0.05, 0) is 272 Å². The molecule has 27 heteroatoms. The van der Waals surface area contributed by atoms with Crippen molar-refractivity contribution in [3.8, 4) is 5.75 Å². The van der Waals surface area contributed by atoms with Crippen LogP contribution in [0.2, 0.25) is 10.0 Å². The SMILES string of the molecule is CCNc1cc2c(cc1CC(=O)C(C)CN1CCNCC1)CCCC2Nc1cc(OC(=O)CC)cc(C(C)C)c1.CCNc1cc2c(cc1CC(=O)CCN1CCOCC1)CCCC2Nc1cc(C)cc(C(F)F)c1.Nc1cc2c(cc1CC(=O)OCc1ccccc1)CCCC2Nc1cc(Cl)cc(Cl)c1.Nc1cc2c(cc1CC(=O)OCc1cccnc1)CCCC2Nc1cc(F)cc(F)c1. The minimum Gasteiger partial charge on any atom is -0.461 e. The summed E-state index contributed by atoms with van der Waals surface area (Å²) in [6.45, 7) is 25.1. The van der Waals surface area contributed by atoms with Crippen LogP contribution in [0, 0.1) is 24.5 Å². The van der Waals surface area contributed by atoms with Gasteiger partial charge in [-0.2, -0.15) is 0 Å². The summed E-state index contributed by atoms with van der Waals surface area (Å²) in [6.07, 6.45) is 14.4. The molecule has 5 unspecified atom stereocenters. The van der Waals surface area contributed by atoms with Gasteiger partial charge in [0.25, 0.3) is 6.43 Å². The van der Waals surface area contributed by atoms with Crippen molar-refractivity contribution in [2.75, 3.05) is 122 Å². The number of nitrogens with two attached hydrogens (primary N) is 2. The maximum Gasteiger partial charge on any atom is 0.310 e. The third kappa shape index (κ3) is 30.5. The fraction of sp³-hybridized carbons (Fsp3) is 0.418. The molecule has 2 saturated heterocycles. The number of nitrogen functional groups attached to an aromatic ring is 2. The second-order valence-electron chi connectivity index (χ2n) is 36.9. The number of ether oxygens (including phenoxy) is 4. The van der Waals surface area contributed by atoms with E-state index in [4.69, 9.17) is 53.6 Å². The summed E-state index contributed by atoms with van der Waals surface area (Å²) in [4.78, 5) is 71.5. The monoisotopic (exact) mass is 1910 g/mol. The molecule has 10 aromatic rings.